The van der Waals surface area contributed by atoms with E-state index < -0.39 is 63.6 Å². The number of imide groups is 2. The maximum Gasteiger partial charge on any atom is 0.271 e. The second-order valence-corrected chi connectivity index (χ2v) is 14.0. The number of nitro groups is 1. The highest BCUT2D eigenvalue weighted by molar-refractivity contribution is 6.30. The lowest BCUT2D eigenvalue weighted by Gasteiger charge is -2.50. The van der Waals surface area contributed by atoms with Gasteiger partial charge < -0.3 is 5.11 Å². The summed E-state index contributed by atoms with van der Waals surface area (Å²) in [6.07, 6.45) is 2.07. The van der Waals surface area contributed by atoms with Gasteiger partial charge in [-0.1, -0.05) is 77.3 Å². The van der Waals surface area contributed by atoms with Crippen LogP contribution in [0.3, 0.4) is 0 Å². The summed E-state index contributed by atoms with van der Waals surface area (Å²) in [5, 5.41) is 24.4. The fraction of sp³-hybridized carbons (Fsp3) is 0.231. The Morgan fingerprint density at radius 2 is 1.63 bits per heavy atom. The first-order valence-corrected chi connectivity index (χ1v) is 17.0. The number of benzene rings is 4. The summed E-state index contributed by atoms with van der Waals surface area (Å²) in [4.78, 5) is 70.3. The van der Waals surface area contributed by atoms with E-state index in [0.29, 0.717) is 27.4 Å². The number of phenolic OH excluding ortho intramolecular Hbond substituents is 1. The number of allylic oxidation sites excluding steroid dienone is 2. The van der Waals surface area contributed by atoms with Crippen molar-refractivity contribution in [1.82, 2.24) is 5.01 Å². The number of hydrogen-bond acceptors (Lipinski definition) is 8. The topological polar surface area (TPSA) is 150 Å². The molecule has 11 nitrogen and oxygen atoms in total. The van der Waals surface area contributed by atoms with Gasteiger partial charge in [-0.2, -0.15) is 5.01 Å². The summed E-state index contributed by atoms with van der Waals surface area (Å²) in [6.45, 7) is 1.93. The molecule has 2 heterocycles. The molecule has 2 N–H and O–H groups in total. The monoisotopic (exact) mass is 702 g/mol. The number of nitrogens with zero attached hydrogens (tertiary/aromatic N) is 3. The molecular weight excluding hydrogens is 672 g/mol. The number of amides is 4. The number of aromatic hydroxyl groups is 1. The Hall–Kier alpha value is -5.81. The van der Waals surface area contributed by atoms with Gasteiger partial charge in [0.2, 0.25) is 11.8 Å². The minimum atomic E-state index is -1.57. The average molecular weight is 703 g/mol. The molecule has 2 aliphatic carbocycles. The normalized spacial score (nSPS) is 26.8. The van der Waals surface area contributed by atoms with Gasteiger partial charge in [-0.25, -0.2) is 4.90 Å². The second kappa shape index (κ2) is 11.9. The summed E-state index contributed by atoms with van der Waals surface area (Å²) >= 11 is 6.55. The van der Waals surface area contributed by atoms with Crippen molar-refractivity contribution in [2.24, 2.45) is 23.7 Å². The molecule has 1 saturated carbocycles. The Balaban J connectivity index is 1.31. The number of phenols is 1. The summed E-state index contributed by atoms with van der Waals surface area (Å²) in [6, 6.07) is 26.2. The predicted molar refractivity (Wildman–Crippen MR) is 187 cm³/mol. The number of carbonyl (C=O) groups is 4. The van der Waals surface area contributed by atoms with Crippen molar-refractivity contribution in [2.45, 2.75) is 31.1 Å². The maximum absolute atomic E-state index is 15.2. The summed E-state index contributed by atoms with van der Waals surface area (Å²) < 4.78 is 0. The highest BCUT2D eigenvalue weighted by Gasteiger charge is 2.70. The molecule has 0 spiro atoms. The third kappa shape index (κ3) is 4.79. The van der Waals surface area contributed by atoms with E-state index in [1.807, 2.05) is 31.2 Å². The number of nitrogens with one attached hydrogen (secondary N) is 1. The largest absolute Gasteiger partial charge is 0.508 e. The lowest BCUT2D eigenvalue weighted by atomic mass is 9.49. The number of anilines is 2. The zero-order valence-corrected chi connectivity index (χ0v) is 28.0. The Labute approximate surface area is 297 Å². The Morgan fingerprint density at radius 3 is 2.35 bits per heavy atom. The Morgan fingerprint density at radius 1 is 0.882 bits per heavy atom. The van der Waals surface area contributed by atoms with Crippen molar-refractivity contribution in [3.05, 3.63) is 141 Å². The van der Waals surface area contributed by atoms with Gasteiger partial charge in [0.25, 0.3) is 17.5 Å². The van der Waals surface area contributed by atoms with Crippen LogP contribution >= 0.6 is 11.6 Å². The van der Waals surface area contributed by atoms with Crippen LogP contribution in [0.5, 0.6) is 5.75 Å². The van der Waals surface area contributed by atoms with Crippen LogP contribution in [0, 0.1) is 40.7 Å². The van der Waals surface area contributed by atoms with Crippen LogP contribution in [0.2, 0.25) is 5.02 Å². The molecule has 8 rings (SSSR count). The SMILES string of the molecule is Cc1ccc(NN2C(=O)C3CC4C(=CCC5C(=O)N(c6cccc([N+](=O)[O-])c6)C(=O)C54)C(c4cc(Cl)ccc4O)C3(c3ccccc3)C2=O)cc1. The molecule has 2 aliphatic heterocycles. The van der Waals surface area contributed by atoms with E-state index in [4.69, 9.17) is 11.6 Å². The number of aryl methyl sites for hydroxylation is 1. The van der Waals surface area contributed by atoms with E-state index in [9.17, 15) is 29.6 Å². The number of non-ortho nitro benzene ring substituents is 1. The molecule has 0 aromatic heterocycles. The molecule has 4 aromatic rings. The highest BCUT2D eigenvalue weighted by Crippen LogP contribution is 2.65. The number of nitro benzene ring substituents is 1. The zero-order valence-electron chi connectivity index (χ0n) is 27.2. The van der Waals surface area contributed by atoms with Crippen LogP contribution in [0.1, 0.15) is 35.4 Å². The van der Waals surface area contributed by atoms with Crippen molar-refractivity contribution in [1.29, 1.82) is 0 Å². The third-order valence-corrected chi connectivity index (χ3v) is 11.2. The van der Waals surface area contributed by atoms with Gasteiger partial charge in [-0.15, -0.1) is 0 Å². The molecule has 6 unspecified atom stereocenters. The van der Waals surface area contributed by atoms with E-state index in [-0.39, 0.29) is 30.0 Å². The van der Waals surface area contributed by atoms with Gasteiger partial charge in [0.05, 0.1) is 39.5 Å². The molecule has 2 saturated heterocycles. The first-order chi connectivity index (χ1) is 24.5. The van der Waals surface area contributed by atoms with E-state index in [1.165, 1.54) is 36.4 Å². The lowest BCUT2D eigenvalue weighted by Crippen LogP contribution is -2.53. The molecule has 4 amide bonds. The molecule has 51 heavy (non-hydrogen) atoms. The molecule has 4 aromatic carbocycles. The zero-order chi connectivity index (χ0) is 35.8. The van der Waals surface area contributed by atoms with Gasteiger partial charge in [-0.3, -0.25) is 34.7 Å². The van der Waals surface area contributed by atoms with Crippen LogP contribution in [-0.4, -0.2) is 38.7 Å². The Kier molecular flexibility index (Phi) is 7.57. The molecule has 4 aliphatic rings. The predicted octanol–water partition coefficient (Wildman–Crippen LogP) is 6.45. The first-order valence-electron chi connectivity index (χ1n) is 16.6. The third-order valence-electron chi connectivity index (χ3n) is 11.0. The van der Waals surface area contributed by atoms with Crippen molar-refractivity contribution in [2.75, 3.05) is 10.3 Å². The summed E-state index contributed by atoms with van der Waals surface area (Å²) in [5.41, 5.74) is 4.33. The molecule has 3 fully saturated rings. The van der Waals surface area contributed by atoms with Gasteiger partial charge in [0.1, 0.15) is 5.75 Å². The fourth-order valence-corrected chi connectivity index (χ4v) is 9.03. The Bertz CT molecular complexity index is 2190. The quantitative estimate of drug-likeness (QED) is 0.101. The van der Waals surface area contributed by atoms with Crippen molar-refractivity contribution in [3.8, 4) is 5.75 Å². The minimum Gasteiger partial charge on any atom is -0.508 e. The average Bonchev–Trinajstić information content (AvgIpc) is 3.51. The summed E-state index contributed by atoms with van der Waals surface area (Å²) in [7, 11) is 0. The standard InChI is InChI=1S/C39H31ClN4O7/c1-21-10-13-24(14-11-21)41-43-36(47)31-20-29-27(15-16-28-33(29)37(48)42(35(28)46)25-8-5-9-26(19-25)44(50)51)34(30-18-23(40)12-17-32(30)45)39(31,38(43)49)22-6-3-2-4-7-22/h2-15,17-19,28-29,31,33-34,41,45H,16,20H2,1H3. The van der Waals surface area contributed by atoms with Crippen LogP contribution in [0.15, 0.2) is 109 Å². The first kappa shape index (κ1) is 32.4. The van der Waals surface area contributed by atoms with Crippen molar-refractivity contribution < 1.29 is 29.2 Å². The smallest absolute Gasteiger partial charge is 0.271 e. The van der Waals surface area contributed by atoms with Gasteiger partial charge in [0, 0.05) is 28.6 Å². The number of hydrazine groups is 1. The van der Waals surface area contributed by atoms with Crippen molar-refractivity contribution in [3.63, 3.8) is 0 Å². The van der Waals surface area contributed by atoms with Gasteiger partial charge >= 0.3 is 0 Å². The van der Waals surface area contributed by atoms with E-state index in [0.717, 1.165) is 15.5 Å². The summed E-state index contributed by atoms with van der Waals surface area (Å²) in [5.74, 6) is -6.58. The van der Waals surface area contributed by atoms with Crippen LogP contribution < -0.4 is 10.3 Å². The fourth-order valence-electron chi connectivity index (χ4n) is 8.85. The molecular formula is C39H31ClN4O7. The number of hydrogen-bond donors (Lipinski definition) is 2. The molecule has 256 valence electrons. The van der Waals surface area contributed by atoms with Crippen LogP contribution in [0.25, 0.3) is 0 Å². The maximum atomic E-state index is 15.2. The number of fused-ring (bicyclic) bond motifs is 4. The molecule has 0 radical (unpaired) electrons. The van der Waals surface area contributed by atoms with Crippen LogP contribution in [-0.2, 0) is 24.6 Å². The molecule has 0 bridgehead atoms. The number of rotatable bonds is 6. The minimum absolute atomic E-state index is 0.0537. The van der Waals surface area contributed by atoms with E-state index in [1.54, 1.807) is 42.5 Å². The van der Waals surface area contributed by atoms with Gasteiger partial charge in [0.15, 0.2) is 0 Å². The highest BCUT2D eigenvalue weighted by atomic mass is 35.5. The van der Waals surface area contributed by atoms with E-state index >= 15 is 4.79 Å². The van der Waals surface area contributed by atoms with Crippen LogP contribution in [0.4, 0.5) is 17.1 Å². The van der Waals surface area contributed by atoms with Crippen molar-refractivity contribution >= 4 is 52.3 Å². The van der Waals surface area contributed by atoms with Gasteiger partial charge in [-0.05, 0) is 67.6 Å². The molecule has 12 heteroatoms. The number of carbonyl (C=O) groups excluding carboxylic acids is 4. The molecule has 6 atom stereocenters. The number of halogens is 1. The lowest BCUT2D eigenvalue weighted by molar-refractivity contribution is -0.384. The second-order valence-electron chi connectivity index (χ2n) is 13.6. The van der Waals surface area contributed by atoms with E-state index in [2.05, 4.69) is 5.43 Å².